The highest BCUT2D eigenvalue weighted by Crippen LogP contribution is 2.23. The minimum absolute atomic E-state index is 0.452. The Labute approximate surface area is 110 Å². The van der Waals surface area contributed by atoms with E-state index in [1.165, 1.54) is 0 Å². The van der Waals surface area contributed by atoms with Gasteiger partial charge < -0.3 is 5.32 Å². The largest absolute Gasteiger partial charge is 0.388 e. The summed E-state index contributed by atoms with van der Waals surface area (Å²) in [6.07, 6.45) is 1.92. The molecule has 0 aliphatic rings. The van der Waals surface area contributed by atoms with Crippen LogP contribution in [0.2, 0.25) is 0 Å². The molecule has 92 valence electrons. The van der Waals surface area contributed by atoms with Crippen molar-refractivity contribution in [3.63, 3.8) is 0 Å². The lowest BCUT2D eigenvalue weighted by molar-refractivity contribution is 1.16. The molecule has 0 bridgehead atoms. The van der Waals surface area contributed by atoms with Crippen LogP contribution in [0.1, 0.15) is 5.69 Å². The van der Waals surface area contributed by atoms with E-state index in [0.29, 0.717) is 5.69 Å². The van der Waals surface area contributed by atoms with Crippen molar-refractivity contribution in [3.8, 4) is 17.5 Å². The third-order valence-corrected chi connectivity index (χ3v) is 3.09. The topological polar surface area (TPSA) is 53.1 Å². The smallest absolute Gasteiger partial charge is 0.166 e. The third kappa shape index (κ3) is 1.81. The predicted molar refractivity (Wildman–Crippen MR) is 74.9 cm³/mol. The van der Waals surface area contributed by atoms with E-state index in [2.05, 4.69) is 16.4 Å². The van der Waals surface area contributed by atoms with E-state index >= 15 is 0 Å². The summed E-state index contributed by atoms with van der Waals surface area (Å²) in [6.45, 7) is 0. The van der Waals surface area contributed by atoms with Gasteiger partial charge in [0.1, 0.15) is 11.9 Å². The molecule has 3 aromatic rings. The summed E-state index contributed by atoms with van der Waals surface area (Å²) < 4.78 is 1.94. The van der Waals surface area contributed by atoms with E-state index in [4.69, 9.17) is 5.26 Å². The lowest BCUT2D eigenvalue weighted by Gasteiger charge is -2.03. The van der Waals surface area contributed by atoms with Gasteiger partial charge in [-0.2, -0.15) is 5.26 Å². The van der Waals surface area contributed by atoms with Crippen molar-refractivity contribution in [2.24, 2.45) is 0 Å². The van der Waals surface area contributed by atoms with Gasteiger partial charge in [-0.3, -0.25) is 4.40 Å². The summed E-state index contributed by atoms with van der Waals surface area (Å²) in [6, 6.07) is 15.9. The fourth-order valence-electron chi connectivity index (χ4n) is 2.11. The van der Waals surface area contributed by atoms with Crippen LogP contribution in [0.4, 0.5) is 5.69 Å². The molecule has 0 saturated carbocycles. The molecule has 0 fully saturated rings. The molecule has 4 nitrogen and oxygen atoms in total. The molecule has 0 atom stereocenters. The van der Waals surface area contributed by atoms with Crippen LogP contribution in [0.3, 0.4) is 0 Å². The van der Waals surface area contributed by atoms with Gasteiger partial charge in [0, 0.05) is 24.5 Å². The molecule has 0 radical (unpaired) electrons. The molecule has 0 aliphatic heterocycles. The molecular weight excluding hydrogens is 236 g/mol. The summed E-state index contributed by atoms with van der Waals surface area (Å²) in [7, 11) is 1.88. The average Bonchev–Trinajstić information content (AvgIpc) is 2.86. The van der Waals surface area contributed by atoms with Crippen molar-refractivity contribution in [2.75, 3.05) is 12.4 Å². The third-order valence-electron chi connectivity index (χ3n) is 3.09. The van der Waals surface area contributed by atoms with E-state index < -0.39 is 0 Å². The summed E-state index contributed by atoms with van der Waals surface area (Å²) in [5, 5.41) is 12.2. The van der Waals surface area contributed by atoms with Crippen LogP contribution in [0.15, 0.2) is 48.7 Å². The Balaban J connectivity index is 2.22. The number of hydrogen-bond donors (Lipinski definition) is 1. The molecule has 0 aliphatic carbocycles. The van der Waals surface area contributed by atoms with Crippen LogP contribution in [0.25, 0.3) is 16.9 Å². The van der Waals surface area contributed by atoms with Gasteiger partial charge in [0.2, 0.25) is 0 Å². The Kier molecular flexibility index (Phi) is 2.66. The van der Waals surface area contributed by atoms with Crippen LogP contribution < -0.4 is 5.32 Å². The maximum absolute atomic E-state index is 9.14. The zero-order valence-corrected chi connectivity index (χ0v) is 10.5. The van der Waals surface area contributed by atoms with Gasteiger partial charge in [-0.1, -0.05) is 6.07 Å². The normalized spacial score (nSPS) is 10.3. The van der Waals surface area contributed by atoms with E-state index in [1.807, 2.05) is 60.1 Å². The highest BCUT2D eigenvalue weighted by Gasteiger charge is 2.11. The lowest BCUT2D eigenvalue weighted by Crippen LogP contribution is -1.90. The lowest BCUT2D eigenvalue weighted by atomic mass is 10.2. The zero-order valence-electron chi connectivity index (χ0n) is 10.5. The Morgan fingerprint density at radius 2 is 1.95 bits per heavy atom. The van der Waals surface area contributed by atoms with Crippen LogP contribution in [0.5, 0.6) is 0 Å². The van der Waals surface area contributed by atoms with Crippen LogP contribution in [-0.2, 0) is 0 Å². The highest BCUT2D eigenvalue weighted by molar-refractivity contribution is 5.69. The SMILES string of the molecule is CNc1ccc(-c2nc(C#N)c3ccccn23)cc1. The van der Waals surface area contributed by atoms with Crippen molar-refractivity contribution >= 4 is 11.2 Å². The number of aromatic nitrogens is 2. The zero-order chi connectivity index (χ0) is 13.2. The Hall–Kier alpha value is -2.80. The Morgan fingerprint density at radius 1 is 1.16 bits per heavy atom. The molecule has 3 rings (SSSR count). The minimum atomic E-state index is 0.452. The number of nitriles is 1. The van der Waals surface area contributed by atoms with Gasteiger partial charge in [-0.25, -0.2) is 4.98 Å². The van der Waals surface area contributed by atoms with Crippen molar-refractivity contribution < 1.29 is 0 Å². The number of imidazole rings is 1. The first-order valence-electron chi connectivity index (χ1n) is 5.99. The van der Waals surface area contributed by atoms with Gasteiger partial charge in [-0.05, 0) is 36.4 Å². The Bertz CT molecular complexity index is 763. The van der Waals surface area contributed by atoms with Crippen molar-refractivity contribution in [1.29, 1.82) is 5.26 Å². The van der Waals surface area contributed by atoms with E-state index in [9.17, 15) is 0 Å². The molecule has 2 aromatic heterocycles. The molecule has 0 unspecified atom stereocenters. The fourth-order valence-corrected chi connectivity index (χ4v) is 2.11. The van der Waals surface area contributed by atoms with Gasteiger partial charge in [0.25, 0.3) is 0 Å². The number of pyridine rings is 1. The number of benzene rings is 1. The second kappa shape index (κ2) is 4.46. The van der Waals surface area contributed by atoms with E-state index in [1.54, 1.807) is 0 Å². The number of fused-ring (bicyclic) bond motifs is 1. The van der Waals surface area contributed by atoms with Crippen LogP contribution >= 0.6 is 0 Å². The summed E-state index contributed by atoms with van der Waals surface area (Å²) in [5.41, 5.74) is 3.32. The quantitative estimate of drug-likeness (QED) is 0.758. The molecule has 4 heteroatoms. The first-order chi connectivity index (χ1) is 9.33. The van der Waals surface area contributed by atoms with Gasteiger partial charge in [0.15, 0.2) is 5.69 Å². The number of rotatable bonds is 2. The van der Waals surface area contributed by atoms with Crippen molar-refractivity contribution in [3.05, 3.63) is 54.4 Å². The molecular formula is C15H12N4. The molecule has 0 amide bonds. The average molecular weight is 248 g/mol. The number of anilines is 1. The molecule has 0 spiro atoms. The summed E-state index contributed by atoms with van der Waals surface area (Å²) >= 11 is 0. The standard InChI is InChI=1S/C15H12N4/c1-17-12-7-5-11(6-8-12)15-18-13(10-16)14-4-2-3-9-19(14)15/h2-9,17H,1H3. The van der Waals surface area contributed by atoms with Gasteiger partial charge in [0.05, 0.1) is 5.52 Å². The monoisotopic (exact) mass is 248 g/mol. The minimum Gasteiger partial charge on any atom is -0.388 e. The first-order valence-corrected chi connectivity index (χ1v) is 5.99. The van der Waals surface area contributed by atoms with Crippen LogP contribution in [-0.4, -0.2) is 16.4 Å². The number of hydrogen-bond acceptors (Lipinski definition) is 3. The van der Waals surface area contributed by atoms with Gasteiger partial charge >= 0.3 is 0 Å². The van der Waals surface area contributed by atoms with Crippen LogP contribution in [0, 0.1) is 11.3 Å². The maximum Gasteiger partial charge on any atom is 0.166 e. The number of nitrogens with zero attached hydrogens (tertiary/aromatic N) is 3. The number of nitrogens with one attached hydrogen (secondary N) is 1. The van der Waals surface area contributed by atoms with Crippen molar-refractivity contribution in [2.45, 2.75) is 0 Å². The molecule has 1 aromatic carbocycles. The van der Waals surface area contributed by atoms with E-state index in [-0.39, 0.29) is 0 Å². The Morgan fingerprint density at radius 3 is 2.63 bits per heavy atom. The van der Waals surface area contributed by atoms with Gasteiger partial charge in [-0.15, -0.1) is 0 Å². The summed E-state index contributed by atoms with van der Waals surface area (Å²) in [4.78, 5) is 4.41. The van der Waals surface area contributed by atoms with Crippen molar-refractivity contribution in [1.82, 2.24) is 9.38 Å². The highest BCUT2D eigenvalue weighted by atomic mass is 15.0. The molecule has 1 N–H and O–H groups in total. The predicted octanol–water partition coefficient (Wildman–Crippen LogP) is 2.91. The fraction of sp³-hybridized carbons (Fsp3) is 0.0667. The first kappa shape index (κ1) is 11.3. The molecule has 2 heterocycles. The van der Waals surface area contributed by atoms with E-state index in [0.717, 1.165) is 22.6 Å². The summed E-state index contributed by atoms with van der Waals surface area (Å²) in [5.74, 6) is 0.787. The molecule has 0 saturated heterocycles. The maximum atomic E-state index is 9.14. The second-order valence-electron chi connectivity index (χ2n) is 4.18. The molecule has 19 heavy (non-hydrogen) atoms. The second-order valence-corrected chi connectivity index (χ2v) is 4.18.